The summed E-state index contributed by atoms with van der Waals surface area (Å²) in [5, 5.41) is 20.0. The molecule has 2 aromatic rings. The van der Waals surface area contributed by atoms with Gasteiger partial charge in [0.15, 0.2) is 0 Å². The van der Waals surface area contributed by atoms with E-state index in [0.29, 0.717) is 31.2 Å². The maximum atomic E-state index is 15.4. The summed E-state index contributed by atoms with van der Waals surface area (Å²) in [6, 6.07) is 13.1. The highest BCUT2D eigenvalue weighted by molar-refractivity contribution is 5.41. The van der Waals surface area contributed by atoms with Gasteiger partial charge in [0.25, 0.3) is 0 Å². The SMILES string of the molecule is Oc1ccc(C23CC4CC(C2)CC(C25CC6(c7ccc(O)cc7)CC(C(F)(F)F)(CC(C(F)(F)F)(C6)C2)C5)(C4)C3)cc1. The first-order valence-corrected chi connectivity index (χ1v) is 15.3. The van der Waals surface area contributed by atoms with E-state index in [9.17, 15) is 10.2 Å². The van der Waals surface area contributed by atoms with Crippen molar-refractivity contribution in [2.75, 3.05) is 0 Å². The Balaban J connectivity index is 1.34. The smallest absolute Gasteiger partial charge is 0.394 e. The van der Waals surface area contributed by atoms with Crippen molar-refractivity contribution < 1.29 is 36.6 Å². The number of hydrogen-bond acceptors (Lipinski definition) is 2. The van der Waals surface area contributed by atoms with Crippen LogP contribution in [0.2, 0.25) is 0 Å². The minimum Gasteiger partial charge on any atom is -0.508 e. The van der Waals surface area contributed by atoms with Gasteiger partial charge in [0, 0.05) is 0 Å². The molecule has 8 bridgehead atoms. The van der Waals surface area contributed by atoms with E-state index in [1.165, 1.54) is 12.1 Å². The molecule has 226 valence electrons. The second-order valence-corrected chi connectivity index (χ2v) is 15.8. The van der Waals surface area contributed by atoms with Crippen molar-refractivity contribution in [3.63, 3.8) is 0 Å². The van der Waals surface area contributed by atoms with Gasteiger partial charge in [0.05, 0.1) is 10.8 Å². The first-order valence-electron chi connectivity index (χ1n) is 15.3. The average molecular weight is 591 g/mol. The Hall–Kier alpha value is -2.38. The van der Waals surface area contributed by atoms with E-state index in [2.05, 4.69) is 0 Å². The molecule has 2 N–H and O–H groups in total. The standard InChI is InChI=1S/C34H36F6O2/c35-33(36,37)31-16-28(24-3-7-26(42)8-4-24)15-30(18-31,19-32(17-28,20-31)34(38,39)40)29-12-21-9-22(13-29)11-27(10-21,14-29)23-1-5-25(41)6-2-23/h1-8,21-22,41-42H,9-20H2. The van der Waals surface area contributed by atoms with Crippen LogP contribution in [0.15, 0.2) is 48.5 Å². The van der Waals surface area contributed by atoms with E-state index < -0.39 is 45.8 Å². The fraction of sp³-hybridized carbons (Fsp3) is 0.647. The van der Waals surface area contributed by atoms with E-state index in [1.54, 1.807) is 24.3 Å². The molecule has 0 saturated heterocycles. The first-order chi connectivity index (χ1) is 19.6. The van der Waals surface area contributed by atoms with Crippen molar-refractivity contribution in [3.05, 3.63) is 59.7 Å². The predicted octanol–water partition coefficient (Wildman–Crippen LogP) is 9.34. The molecule has 0 aliphatic heterocycles. The number of rotatable bonds is 3. The van der Waals surface area contributed by atoms with Crippen molar-refractivity contribution in [2.45, 2.75) is 100 Å². The van der Waals surface area contributed by atoms with Crippen LogP contribution in [-0.4, -0.2) is 22.6 Å². The third kappa shape index (κ3) is 3.36. The summed E-state index contributed by atoms with van der Waals surface area (Å²) in [6.07, 6.45) is -6.28. The Bertz CT molecular complexity index is 1380. The third-order valence-corrected chi connectivity index (χ3v) is 13.4. The zero-order valence-electron chi connectivity index (χ0n) is 23.4. The monoisotopic (exact) mass is 590 g/mol. The van der Waals surface area contributed by atoms with E-state index in [-0.39, 0.29) is 54.4 Å². The van der Waals surface area contributed by atoms with E-state index in [0.717, 1.165) is 24.8 Å². The molecule has 4 atom stereocenters. The molecule has 2 aromatic carbocycles. The Kier molecular flexibility index (Phi) is 5.06. The molecule has 0 amide bonds. The topological polar surface area (TPSA) is 40.5 Å². The van der Waals surface area contributed by atoms with Crippen molar-refractivity contribution in [2.24, 2.45) is 33.5 Å². The van der Waals surface area contributed by atoms with Crippen LogP contribution in [0.3, 0.4) is 0 Å². The highest BCUT2D eigenvalue weighted by atomic mass is 19.4. The van der Waals surface area contributed by atoms with Crippen molar-refractivity contribution in [1.29, 1.82) is 0 Å². The summed E-state index contributed by atoms with van der Waals surface area (Å²) in [4.78, 5) is 0. The number of halogens is 6. The molecule has 8 heteroatoms. The quantitative estimate of drug-likeness (QED) is 0.350. The van der Waals surface area contributed by atoms with Gasteiger partial charge in [-0.3, -0.25) is 0 Å². The average Bonchev–Trinajstić information content (AvgIpc) is 2.86. The summed E-state index contributed by atoms with van der Waals surface area (Å²) in [5.41, 5.74) is -6.48. The van der Waals surface area contributed by atoms with Crippen LogP contribution in [0.4, 0.5) is 26.3 Å². The summed E-state index contributed by atoms with van der Waals surface area (Å²) in [7, 11) is 0. The van der Waals surface area contributed by atoms with Crippen LogP contribution in [0, 0.1) is 33.5 Å². The molecule has 10 rings (SSSR count). The van der Waals surface area contributed by atoms with Gasteiger partial charge in [-0.1, -0.05) is 24.3 Å². The summed E-state index contributed by atoms with van der Waals surface area (Å²) >= 11 is 0. The molecule has 0 spiro atoms. The van der Waals surface area contributed by atoms with Gasteiger partial charge in [0.2, 0.25) is 0 Å². The predicted molar refractivity (Wildman–Crippen MR) is 144 cm³/mol. The van der Waals surface area contributed by atoms with Gasteiger partial charge in [-0.2, -0.15) is 26.3 Å². The minimum absolute atomic E-state index is 0.0498. The van der Waals surface area contributed by atoms with Gasteiger partial charge in [-0.15, -0.1) is 0 Å². The molecule has 8 aliphatic rings. The zero-order valence-corrected chi connectivity index (χ0v) is 23.4. The molecule has 0 heterocycles. The van der Waals surface area contributed by atoms with Crippen LogP contribution < -0.4 is 0 Å². The molecular weight excluding hydrogens is 554 g/mol. The normalized spacial score (nSPS) is 45.5. The Morgan fingerprint density at radius 1 is 0.500 bits per heavy atom. The summed E-state index contributed by atoms with van der Waals surface area (Å²) < 4.78 is 92.4. The number of alkyl halides is 6. The lowest BCUT2D eigenvalue weighted by molar-refractivity contribution is -0.376. The van der Waals surface area contributed by atoms with E-state index in [1.807, 2.05) is 12.1 Å². The Morgan fingerprint density at radius 3 is 1.38 bits per heavy atom. The lowest BCUT2D eigenvalue weighted by Crippen LogP contribution is -2.74. The number of hydrogen-bond donors (Lipinski definition) is 2. The molecule has 0 aromatic heterocycles. The fourth-order valence-electron chi connectivity index (χ4n) is 13.0. The second kappa shape index (κ2) is 7.82. The van der Waals surface area contributed by atoms with Gasteiger partial charge >= 0.3 is 12.4 Å². The molecule has 8 fully saturated rings. The fourth-order valence-corrected chi connectivity index (χ4v) is 13.0. The summed E-state index contributed by atoms with van der Waals surface area (Å²) in [5.74, 6) is 0.656. The summed E-state index contributed by atoms with van der Waals surface area (Å²) in [6.45, 7) is 0. The number of aromatic hydroxyl groups is 2. The van der Waals surface area contributed by atoms with E-state index in [4.69, 9.17) is 0 Å². The first kappa shape index (κ1) is 27.2. The number of phenolic OH excluding ortho intramolecular Hbond substituents is 2. The van der Waals surface area contributed by atoms with Crippen LogP contribution in [0.25, 0.3) is 0 Å². The largest absolute Gasteiger partial charge is 0.508 e. The van der Waals surface area contributed by atoms with Crippen LogP contribution in [-0.2, 0) is 10.8 Å². The van der Waals surface area contributed by atoms with Crippen molar-refractivity contribution in [3.8, 4) is 11.5 Å². The van der Waals surface area contributed by atoms with Crippen LogP contribution in [0.1, 0.15) is 88.2 Å². The van der Waals surface area contributed by atoms with Gasteiger partial charge in [-0.05, 0) is 146 Å². The molecule has 0 radical (unpaired) electrons. The van der Waals surface area contributed by atoms with Crippen LogP contribution >= 0.6 is 0 Å². The Labute approximate surface area is 241 Å². The van der Waals surface area contributed by atoms with E-state index >= 15 is 26.3 Å². The molecule has 42 heavy (non-hydrogen) atoms. The second-order valence-electron chi connectivity index (χ2n) is 15.8. The molecule has 2 nitrogen and oxygen atoms in total. The van der Waals surface area contributed by atoms with Gasteiger partial charge in [-0.25, -0.2) is 0 Å². The molecule has 8 saturated carbocycles. The lowest BCUT2D eigenvalue weighted by Gasteiger charge is -2.78. The van der Waals surface area contributed by atoms with Gasteiger partial charge in [0.1, 0.15) is 11.5 Å². The maximum Gasteiger partial charge on any atom is 0.394 e. The number of benzene rings is 2. The third-order valence-electron chi connectivity index (χ3n) is 13.4. The lowest BCUT2D eigenvalue weighted by atomic mass is 9.26. The molecule has 8 aliphatic carbocycles. The van der Waals surface area contributed by atoms with Gasteiger partial charge < -0.3 is 10.2 Å². The minimum atomic E-state index is -4.75. The highest BCUT2D eigenvalue weighted by Gasteiger charge is 2.83. The zero-order chi connectivity index (χ0) is 29.6. The highest BCUT2D eigenvalue weighted by Crippen LogP contribution is 2.85. The Morgan fingerprint density at radius 2 is 0.929 bits per heavy atom. The molecular formula is C34H36F6O2. The maximum absolute atomic E-state index is 15.4. The van der Waals surface area contributed by atoms with Crippen LogP contribution in [0.5, 0.6) is 11.5 Å². The van der Waals surface area contributed by atoms with Crippen molar-refractivity contribution in [1.82, 2.24) is 0 Å². The molecule has 4 unspecified atom stereocenters. The van der Waals surface area contributed by atoms with Crippen molar-refractivity contribution >= 4 is 0 Å². The number of phenols is 2.